The number of benzene rings is 1. The molecule has 1 aromatic carbocycles. The molecule has 114 valence electrons. The summed E-state index contributed by atoms with van der Waals surface area (Å²) in [6.45, 7) is 9.11. The van der Waals surface area contributed by atoms with Crippen LogP contribution in [-0.4, -0.2) is 16.2 Å². The molecule has 0 aromatic heterocycles. The van der Waals surface area contributed by atoms with E-state index in [2.05, 4.69) is 67.4 Å². The van der Waals surface area contributed by atoms with Crippen LogP contribution in [-0.2, 0) is 0 Å². The molecule has 0 bridgehead atoms. The zero-order valence-electron chi connectivity index (χ0n) is 13.4. The van der Waals surface area contributed by atoms with Crippen molar-refractivity contribution in [2.75, 3.05) is 6.54 Å². The van der Waals surface area contributed by atoms with Crippen molar-refractivity contribution in [3.05, 3.63) is 54.1 Å². The maximum absolute atomic E-state index is 4.67. The third kappa shape index (κ3) is 7.58. The zero-order valence-corrected chi connectivity index (χ0v) is 15.0. The number of hydrogen-bond acceptors (Lipinski definition) is 3. The number of hydrogen-bond donors (Lipinski definition) is 0. The fourth-order valence-electron chi connectivity index (χ4n) is 1.65. The lowest BCUT2D eigenvalue weighted by Crippen LogP contribution is -1.98. The molecule has 1 atom stereocenters. The molecule has 0 saturated heterocycles. The second kappa shape index (κ2) is 10.7. The monoisotopic (exact) mass is 319 g/mol. The lowest BCUT2D eigenvalue weighted by molar-refractivity contribution is 1.20. The summed E-state index contributed by atoms with van der Waals surface area (Å²) in [7, 11) is 0. The van der Waals surface area contributed by atoms with Crippen LogP contribution in [0.5, 0.6) is 0 Å². The Balaban J connectivity index is 0.00000106. The number of nitrogens with zero attached hydrogens (tertiary/aromatic N) is 1. The van der Waals surface area contributed by atoms with Crippen LogP contribution in [0.4, 0.5) is 0 Å². The summed E-state index contributed by atoms with van der Waals surface area (Å²) >= 11 is 3.60. The van der Waals surface area contributed by atoms with Crippen molar-refractivity contribution in [2.24, 2.45) is 4.99 Å². The molecule has 1 aliphatic heterocycles. The van der Waals surface area contributed by atoms with E-state index in [-0.39, 0.29) is 0 Å². The maximum Gasteiger partial charge on any atom is 0.130 e. The van der Waals surface area contributed by atoms with Crippen LogP contribution in [0.3, 0.4) is 0 Å². The molecule has 3 heteroatoms. The minimum Gasteiger partial charge on any atom is -0.267 e. The van der Waals surface area contributed by atoms with Gasteiger partial charge >= 0.3 is 0 Å². The molecule has 0 amide bonds. The van der Waals surface area contributed by atoms with Crippen LogP contribution >= 0.6 is 23.5 Å². The summed E-state index contributed by atoms with van der Waals surface area (Å²) in [6, 6.07) is 8.63. The minimum atomic E-state index is 0.475. The van der Waals surface area contributed by atoms with Crippen molar-refractivity contribution >= 4 is 27.9 Å². The lowest BCUT2D eigenvalue weighted by Gasteiger charge is -2.10. The third-order valence-electron chi connectivity index (χ3n) is 2.68. The van der Waals surface area contributed by atoms with Crippen LogP contribution in [0.2, 0.25) is 0 Å². The fourth-order valence-corrected chi connectivity index (χ4v) is 3.85. The van der Waals surface area contributed by atoms with E-state index in [0.717, 1.165) is 17.3 Å². The van der Waals surface area contributed by atoms with E-state index in [1.807, 2.05) is 25.6 Å². The van der Waals surface area contributed by atoms with Gasteiger partial charge in [0.1, 0.15) is 4.38 Å². The van der Waals surface area contributed by atoms with Crippen LogP contribution < -0.4 is 0 Å². The average Bonchev–Trinajstić information content (AvgIpc) is 2.50. The van der Waals surface area contributed by atoms with Crippen molar-refractivity contribution in [3.63, 3.8) is 0 Å². The van der Waals surface area contributed by atoms with Gasteiger partial charge in [0.05, 0.1) is 6.54 Å². The maximum atomic E-state index is 4.67. The zero-order chi connectivity index (χ0) is 15.5. The highest BCUT2D eigenvalue weighted by Crippen LogP contribution is 2.29. The Morgan fingerprint density at radius 3 is 2.52 bits per heavy atom. The molecule has 0 radical (unpaired) electrons. The standard InChI is InChI=1S/C16H19NS2.C2H6/c1-13-8-10-15(11-9-13)19-16-17-12-6-4-3-5-7-14(2)18-16;1-2/h4-11,14H,3,12H2,1-2H3;1-2H3/b6-4-,7-5-,17-16?;. The van der Waals surface area contributed by atoms with Gasteiger partial charge in [-0.3, -0.25) is 4.99 Å². The summed E-state index contributed by atoms with van der Waals surface area (Å²) < 4.78 is 1.15. The molecular weight excluding hydrogens is 294 g/mol. The second-order valence-electron chi connectivity index (χ2n) is 4.48. The summed E-state index contributed by atoms with van der Waals surface area (Å²) in [5.74, 6) is 0. The van der Waals surface area contributed by atoms with Crippen LogP contribution in [0, 0.1) is 6.92 Å². The molecule has 1 unspecified atom stereocenters. The number of allylic oxidation sites excluding steroid dienone is 2. The van der Waals surface area contributed by atoms with Crippen molar-refractivity contribution in [1.29, 1.82) is 0 Å². The largest absolute Gasteiger partial charge is 0.267 e. The second-order valence-corrected chi connectivity index (χ2v) is 7.17. The van der Waals surface area contributed by atoms with E-state index in [1.165, 1.54) is 10.5 Å². The molecule has 1 aliphatic rings. The van der Waals surface area contributed by atoms with Crippen LogP contribution in [0.1, 0.15) is 32.8 Å². The van der Waals surface area contributed by atoms with Gasteiger partial charge in [-0.1, -0.05) is 79.4 Å². The first-order valence-electron chi connectivity index (χ1n) is 7.51. The molecule has 1 aromatic rings. The molecule has 0 aliphatic carbocycles. The molecule has 21 heavy (non-hydrogen) atoms. The topological polar surface area (TPSA) is 12.4 Å². The Kier molecular flexibility index (Phi) is 9.27. The Hall–Kier alpha value is -0.930. The first kappa shape index (κ1) is 18.1. The highest BCUT2D eigenvalue weighted by atomic mass is 32.2. The van der Waals surface area contributed by atoms with E-state index in [1.54, 1.807) is 11.8 Å². The molecule has 1 heterocycles. The van der Waals surface area contributed by atoms with Crippen molar-refractivity contribution < 1.29 is 0 Å². The number of rotatable bonds is 1. The van der Waals surface area contributed by atoms with E-state index in [9.17, 15) is 0 Å². The predicted octanol–water partition coefficient (Wildman–Crippen LogP) is 6.11. The molecule has 0 N–H and O–H groups in total. The number of aliphatic imine (C=N–C) groups is 1. The minimum absolute atomic E-state index is 0.475. The Bertz CT molecular complexity index is 486. The van der Waals surface area contributed by atoms with Gasteiger partial charge in [-0.15, -0.1) is 0 Å². The number of aryl methyl sites for hydroxylation is 1. The molecule has 0 spiro atoms. The van der Waals surface area contributed by atoms with Crippen molar-refractivity contribution in [3.8, 4) is 0 Å². The molecule has 1 nitrogen and oxygen atoms in total. The summed E-state index contributed by atoms with van der Waals surface area (Å²) in [4.78, 5) is 5.93. The van der Waals surface area contributed by atoms with Crippen molar-refractivity contribution in [1.82, 2.24) is 0 Å². The van der Waals surface area contributed by atoms with Gasteiger partial charge in [0.15, 0.2) is 0 Å². The quantitative estimate of drug-likeness (QED) is 0.579. The van der Waals surface area contributed by atoms with E-state index in [4.69, 9.17) is 0 Å². The fraction of sp³-hybridized carbons (Fsp3) is 0.389. The molecular formula is C18H25NS2. The van der Waals surface area contributed by atoms with E-state index in [0.29, 0.717) is 5.25 Å². The summed E-state index contributed by atoms with van der Waals surface area (Å²) in [5.41, 5.74) is 1.30. The Labute approximate surface area is 138 Å². The van der Waals surface area contributed by atoms with Gasteiger partial charge in [-0.2, -0.15) is 0 Å². The normalized spacial score (nSPS) is 21.5. The molecule has 0 fully saturated rings. The van der Waals surface area contributed by atoms with Crippen molar-refractivity contribution in [2.45, 2.75) is 44.3 Å². The first-order chi connectivity index (χ1) is 10.2. The van der Waals surface area contributed by atoms with Gasteiger partial charge in [-0.05, 0) is 32.4 Å². The Morgan fingerprint density at radius 1 is 1.10 bits per heavy atom. The van der Waals surface area contributed by atoms with Gasteiger partial charge in [-0.25, -0.2) is 0 Å². The van der Waals surface area contributed by atoms with Gasteiger partial charge in [0.25, 0.3) is 0 Å². The average molecular weight is 320 g/mol. The highest BCUT2D eigenvalue weighted by molar-refractivity contribution is 8.39. The predicted molar refractivity (Wildman–Crippen MR) is 101 cm³/mol. The smallest absolute Gasteiger partial charge is 0.130 e. The third-order valence-corrected chi connectivity index (χ3v) is 4.89. The van der Waals surface area contributed by atoms with Gasteiger partial charge in [0.2, 0.25) is 0 Å². The molecule has 0 saturated carbocycles. The lowest BCUT2D eigenvalue weighted by atomic mass is 10.2. The van der Waals surface area contributed by atoms with Gasteiger partial charge in [0, 0.05) is 10.1 Å². The molecule has 2 rings (SSSR count). The first-order valence-corrected chi connectivity index (χ1v) is 9.21. The van der Waals surface area contributed by atoms with Crippen LogP contribution in [0.15, 0.2) is 58.5 Å². The SMILES string of the molecule is CC.Cc1ccc(SC2=NC/C=C\C/C=C\C(C)S2)cc1. The van der Waals surface area contributed by atoms with E-state index >= 15 is 0 Å². The van der Waals surface area contributed by atoms with Gasteiger partial charge < -0.3 is 0 Å². The summed E-state index contributed by atoms with van der Waals surface area (Å²) in [6.07, 6.45) is 9.81. The highest BCUT2D eigenvalue weighted by Gasteiger charge is 2.08. The number of thioether (sulfide) groups is 2. The summed E-state index contributed by atoms with van der Waals surface area (Å²) in [5, 5.41) is 0.475. The van der Waals surface area contributed by atoms with E-state index < -0.39 is 0 Å². The van der Waals surface area contributed by atoms with Crippen LogP contribution in [0.25, 0.3) is 0 Å². The Morgan fingerprint density at radius 2 is 1.81 bits per heavy atom.